The number of hydrogen-bond donors (Lipinski definition) is 0. The Kier molecular flexibility index (Phi) is 4.10. The first kappa shape index (κ1) is 13.7. The van der Waals surface area contributed by atoms with Crippen molar-refractivity contribution in [2.45, 2.75) is 13.5 Å². The van der Waals surface area contributed by atoms with E-state index >= 15 is 0 Å². The van der Waals surface area contributed by atoms with Crippen LogP contribution in [0.4, 0.5) is 5.69 Å². The number of nitro benzene ring substituents is 1. The van der Waals surface area contributed by atoms with E-state index in [9.17, 15) is 14.9 Å². The minimum absolute atomic E-state index is 0.00781. The van der Waals surface area contributed by atoms with E-state index in [-0.39, 0.29) is 17.9 Å². The molecule has 2 aromatic carbocycles. The van der Waals surface area contributed by atoms with Crippen LogP contribution in [0, 0.1) is 17.0 Å². The maximum atomic E-state index is 12.0. The Hall–Kier alpha value is -2.69. The van der Waals surface area contributed by atoms with Crippen LogP contribution in [0.5, 0.6) is 0 Å². The summed E-state index contributed by atoms with van der Waals surface area (Å²) in [6.45, 7) is 1.73. The van der Waals surface area contributed by atoms with E-state index in [0.29, 0.717) is 5.56 Å². The fourth-order valence-electron chi connectivity index (χ4n) is 1.87. The highest BCUT2D eigenvalue weighted by Crippen LogP contribution is 2.23. The van der Waals surface area contributed by atoms with Gasteiger partial charge in [-0.25, -0.2) is 4.79 Å². The number of benzene rings is 2. The molecule has 20 heavy (non-hydrogen) atoms. The Bertz CT molecular complexity index is 638. The molecule has 5 heteroatoms. The molecular formula is C15H13NO4. The van der Waals surface area contributed by atoms with Gasteiger partial charge in [-0.3, -0.25) is 10.1 Å². The van der Waals surface area contributed by atoms with Crippen LogP contribution < -0.4 is 0 Å². The number of esters is 1. The van der Waals surface area contributed by atoms with Crippen molar-refractivity contribution in [3.05, 3.63) is 75.3 Å². The normalized spacial score (nSPS) is 10.1. The van der Waals surface area contributed by atoms with E-state index in [0.717, 1.165) is 5.56 Å². The van der Waals surface area contributed by atoms with Gasteiger partial charge in [0.2, 0.25) is 0 Å². The topological polar surface area (TPSA) is 69.4 Å². The second-order valence-electron chi connectivity index (χ2n) is 4.29. The average Bonchev–Trinajstić information content (AvgIpc) is 2.45. The van der Waals surface area contributed by atoms with E-state index in [1.165, 1.54) is 6.07 Å². The standard InChI is InChI=1S/C15H13NO4/c1-11-6-5-9-13(16(18)19)14(11)15(17)20-10-12-7-3-2-4-8-12/h2-9H,10H2,1H3. The Morgan fingerprint density at radius 3 is 2.50 bits per heavy atom. The summed E-state index contributed by atoms with van der Waals surface area (Å²) in [5.41, 5.74) is 1.13. The third-order valence-corrected chi connectivity index (χ3v) is 2.86. The molecule has 0 saturated heterocycles. The molecule has 0 aromatic heterocycles. The molecule has 0 bridgehead atoms. The van der Waals surface area contributed by atoms with Crippen molar-refractivity contribution in [3.8, 4) is 0 Å². The lowest BCUT2D eigenvalue weighted by Gasteiger charge is -2.07. The van der Waals surface area contributed by atoms with Crippen molar-refractivity contribution in [1.82, 2.24) is 0 Å². The summed E-state index contributed by atoms with van der Waals surface area (Å²) in [5, 5.41) is 11.0. The molecule has 0 atom stereocenters. The molecule has 0 fully saturated rings. The molecule has 5 nitrogen and oxygen atoms in total. The smallest absolute Gasteiger partial charge is 0.345 e. The van der Waals surface area contributed by atoms with Gasteiger partial charge in [0, 0.05) is 6.07 Å². The third kappa shape index (κ3) is 3.00. The van der Waals surface area contributed by atoms with Gasteiger partial charge in [0.1, 0.15) is 12.2 Å². The maximum absolute atomic E-state index is 12.0. The lowest BCUT2D eigenvalue weighted by Crippen LogP contribution is -2.10. The monoisotopic (exact) mass is 271 g/mol. The number of hydrogen-bond acceptors (Lipinski definition) is 4. The van der Waals surface area contributed by atoms with Gasteiger partial charge in [-0.05, 0) is 18.1 Å². The molecule has 0 spiro atoms. The van der Waals surface area contributed by atoms with Crippen molar-refractivity contribution in [2.24, 2.45) is 0 Å². The Morgan fingerprint density at radius 1 is 1.15 bits per heavy atom. The van der Waals surface area contributed by atoms with E-state index in [1.807, 2.05) is 30.3 Å². The van der Waals surface area contributed by atoms with E-state index in [4.69, 9.17) is 4.74 Å². The molecule has 2 aromatic rings. The number of aryl methyl sites for hydroxylation is 1. The second-order valence-corrected chi connectivity index (χ2v) is 4.29. The number of carbonyl (C=O) groups is 1. The molecule has 0 N–H and O–H groups in total. The lowest BCUT2D eigenvalue weighted by molar-refractivity contribution is -0.385. The molecule has 0 saturated carbocycles. The Labute approximate surface area is 116 Å². The van der Waals surface area contributed by atoms with Crippen molar-refractivity contribution >= 4 is 11.7 Å². The summed E-state index contributed by atoms with van der Waals surface area (Å²) in [6.07, 6.45) is 0. The van der Waals surface area contributed by atoms with Gasteiger partial charge in [-0.15, -0.1) is 0 Å². The minimum Gasteiger partial charge on any atom is -0.457 e. The van der Waals surface area contributed by atoms with Crippen LogP contribution in [-0.4, -0.2) is 10.9 Å². The van der Waals surface area contributed by atoms with Crippen LogP contribution in [0.25, 0.3) is 0 Å². The van der Waals surface area contributed by atoms with Crippen molar-refractivity contribution < 1.29 is 14.5 Å². The van der Waals surface area contributed by atoms with Crippen molar-refractivity contribution in [3.63, 3.8) is 0 Å². The highest BCUT2D eigenvalue weighted by Gasteiger charge is 2.23. The molecule has 0 unspecified atom stereocenters. The maximum Gasteiger partial charge on any atom is 0.345 e. The quantitative estimate of drug-likeness (QED) is 0.486. The highest BCUT2D eigenvalue weighted by atomic mass is 16.6. The molecule has 2 rings (SSSR count). The molecular weight excluding hydrogens is 258 g/mol. The summed E-state index contributed by atoms with van der Waals surface area (Å²) < 4.78 is 5.14. The number of ether oxygens (including phenoxy) is 1. The molecule has 0 amide bonds. The first-order valence-electron chi connectivity index (χ1n) is 6.04. The van der Waals surface area contributed by atoms with E-state index < -0.39 is 10.9 Å². The van der Waals surface area contributed by atoms with Gasteiger partial charge in [-0.1, -0.05) is 42.5 Å². The van der Waals surface area contributed by atoms with Gasteiger partial charge in [0.15, 0.2) is 0 Å². The average molecular weight is 271 g/mol. The third-order valence-electron chi connectivity index (χ3n) is 2.86. The van der Waals surface area contributed by atoms with Gasteiger partial charge >= 0.3 is 5.97 Å². The molecule has 0 aliphatic carbocycles. The first-order chi connectivity index (χ1) is 9.59. The van der Waals surface area contributed by atoms with Gasteiger partial charge in [0.05, 0.1) is 4.92 Å². The summed E-state index contributed by atoms with van der Waals surface area (Å²) in [7, 11) is 0. The number of carbonyl (C=O) groups excluding carboxylic acids is 1. The highest BCUT2D eigenvalue weighted by molar-refractivity contribution is 5.95. The van der Waals surface area contributed by atoms with Crippen LogP contribution in [0.15, 0.2) is 48.5 Å². The van der Waals surface area contributed by atoms with Crippen molar-refractivity contribution in [2.75, 3.05) is 0 Å². The van der Waals surface area contributed by atoms with Crippen LogP contribution in [0.2, 0.25) is 0 Å². The summed E-state index contributed by atoms with van der Waals surface area (Å²) in [6, 6.07) is 13.6. The largest absolute Gasteiger partial charge is 0.457 e. The number of nitro groups is 1. The van der Waals surface area contributed by atoms with Gasteiger partial charge < -0.3 is 4.74 Å². The molecule has 0 aliphatic heterocycles. The van der Waals surface area contributed by atoms with Crippen LogP contribution in [0.1, 0.15) is 21.5 Å². The van der Waals surface area contributed by atoms with Gasteiger partial charge in [0.25, 0.3) is 5.69 Å². The zero-order chi connectivity index (χ0) is 14.5. The second kappa shape index (κ2) is 5.97. The zero-order valence-electron chi connectivity index (χ0n) is 10.9. The molecule has 0 radical (unpaired) electrons. The fourth-order valence-corrected chi connectivity index (χ4v) is 1.87. The Morgan fingerprint density at radius 2 is 1.85 bits per heavy atom. The SMILES string of the molecule is Cc1cccc([N+](=O)[O-])c1C(=O)OCc1ccccc1. The predicted molar refractivity (Wildman–Crippen MR) is 73.4 cm³/mol. The van der Waals surface area contributed by atoms with E-state index in [2.05, 4.69) is 0 Å². The van der Waals surface area contributed by atoms with Crippen LogP contribution >= 0.6 is 0 Å². The van der Waals surface area contributed by atoms with Gasteiger partial charge in [-0.2, -0.15) is 0 Å². The van der Waals surface area contributed by atoms with Crippen LogP contribution in [0.3, 0.4) is 0 Å². The summed E-state index contributed by atoms with van der Waals surface area (Å²) >= 11 is 0. The lowest BCUT2D eigenvalue weighted by atomic mass is 10.1. The number of nitrogens with zero attached hydrogens (tertiary/aromatic N) is 1. The first-order valence-corrected chi connectivity index (χ1v) is 6.04. The van der Waals surface area contributed by atoms with E-state index in [1.54, 1.807) is 19.1 Å². The fraction of sp³-hybridized carbons (Fsp3) is 0.133. The predicted octanol–water partition coefficient (Wildman–Crippen LogP) is 3.26. The summed E-state index contributed by atoms with van der Waals surface area (Å²) in [4.78, 5) is 22.4. The molecule has 102 valence electrons. The number of rotatable bonds is 4. The zero-order valence-corrected chi connectivity index (χ0v) is 10.9. The summed E-state index contributed by atoms with van der Waals surface area (Å²) in [5.74, 6) is -0.682. The Balaban J connectivity index is 2.19. The molecule has 0 aliphatic rings. The van der Waals surface area contributed by atoms with Crippen LogP contribution in [-0.2, 0) is 11.3 Å². The molecule has 0 heterocycles. The minimum atomic E-state index is -0.682. The van der Waals surface area contributed by atoms with Crippen molar-refractivity contribution in [1.29, 1.82) is 0 Å².